The molecule has 200 valence electrons. The van der Waals surface area contributed by atoms with Crippen molar-refractivity contribution in [2.75, 3.05) is 11.9 Å². The van der Waals surface area contributed by atoms with Gasteiger partial charge >= 0.3 is 12.4 Å². The second-order valence-electron chi connectivity index (χ2n) is 8.47. The third kappa shape index (κ3) is 5.74. The Morgan fingerprint density at radius 2 is 1.74 bits per heavy atom. The van der Waals surface area contributed by atoms with Gasteiger partial charge in [-0.2, -0.15) is 26.3 Å². The molecule has 0 aliphatic carbocycles. The molecule has 0 saturated heterocycles. The quantitative estimate of drug-likeness (QED) is 0.382. The molecule has 0 radical (unpaired) electrons. The van der Waals surface area contributed by atoms with E-state index < -0.39 is 53.2 Å². The number of nitrogens with zero attached hydrogens (tertiary/aromatic N) is 2. The van der Waals surface area contributed by atoms with E-state index in [-0.39, 0.29) is 35.8 Å². The summed E-state index contributed by atoms with van der Waals surface area (Å²) < 4.78 is 91.5. The predicted molar refractivity (Wildman–Crippen MR) is 123 cm³/mol. The Balaban J connectivity index is 1.50. The van der Waals surface area contributed by atoms with E-state index in [1.165, 1.54) is 11.0 Å². The van der Waals surface area contributed by atoms with Crippen molar-refractivity contribution in [1.82, 2.24) is 9.88 Å². The zero-order valence-corrected chi connectivity index (χ0v) is 19.9. The van der Waals surface area contributed by atoms with Gasteiger partial charge in [0.15, 0.2) is 0 Å². The van der Waals surface area contributed by atoms with E-state index in [4.69, 9.17) is 11.6 Å². The van der Waals surface area contributed by atoms with Gasteiger partial charge in [0.05, 0.1) is 28.3 Å². The number of halogens is 8. The van der Waals surface area contributed by atoms with Crippen molar-refractivity contribution in [1.29, 1.82) is 0 Å². The van der Waals surface area contributed by atoms with Crippen LogP contribution in [0, 0.1) is 5.82 Å². The van der Waals surface area contributed by atoms with Crippen molar-refractivity contribution < 1.29 is 40.3 Å². The summed E-state index contributed by atoms with van der Waals surface area (Å²) in [5.41, 5.74) is -1.74. The maximum atomic E-state index is 14.3. The van der Waals surface area contributed by atoms with Gasteiger partial charge < -0.3 is 10.2 Å². The van der Waals surface area contributed by atoms with Crippen molar-refractivity contribution in [3.63, 3.8) is 0 Å². The molecular formula is C25H17ClF7N3O2. The standard InChI is InChI=1S/C25H17ClF7N3O2/c26-18-6-4-15-12-36(23(38)14-5-7-19(34-11-14)25(31,32)33)9-8-16(15)22(18)35-20(37)10-13-2-1-3-17(21(13)27)24(28,29)30/h1-7,11H,8-10,12H2,(H,35,37). The van der Waals surface area contributed by atoms with Crippen molar-refractivity contribution in [2.45, 2.75) is 31.7 Å². The Hall–Kier alpha value is -3.67. The van der Waals surface area contributed by atoms with Gasteiger partial charge in [-0.05, 0) is 47.4 Å². The highest BCUT2D eigenvalue weighted by Gasteiger charge is 2.35. The molecule has 2 amide bonds. The summed E-state index contributed by atoms with van der Waals surface area (Å²) in [5, 5.41) is 2.66. The zero-order valence-electron chi connectivity index (χ0n) is 19.2. The minimum Gasteiger partial charge on any atom is -0.334 e. The van der Waals surface area contributed by atoms with Crippen LogP contribution in [0.3, 0.4) is 0 Å². The van der Waals surface area contributed by atoms with Gasteiger partial charge in [-0.15, -0.1) is 0 Å². The lowest BCUT2D eigenvalue weighted by molar-refractivity contribution is -0.141. The second kappa shape index (κ2) is 10.2. The first-order valence-electron chi connectivity index (χ1n) is 11.0. The van der Waals surface area contributed by atoms with Gasteiger partial charge in [0.1, 0.15) is 11.5 Å². The van der Waals surface area contributed by atoms with Crippen LogP contribution in [-0.2, 0) is 36.5 Å². The van der Waals surface area contributed by atoms with Crippen LogP contribution >= 0.6 is 11.6 Å². The van der Waals surface area contributed by atoms with E-state index in [0.29, 0.717) is 23.3 Å². The fraction of sp³-hybridized carbons (Fsp3) is 0.240. The summed E-state index contributed by atoms with van der Waals surface area (Å²) in [5.74, 6) is -2.88. The summed E-state index contributed by atoms with van der Waals surface area (Å²) in [7, 11) is 0. The van der Waals surface area contributed by atoms with E-state index >= 15 is 0 Å². The summed E-state index contributed by atoms with van der Waals surface area (Å²) in [6, 6.07) is 7.48. The number of carbonyl (C=O) groups excluding carboxylic acids is 2. The van der Waals surface area contributed by atoms with Crippen LogP contribution in [-0.4, -0.2) is 28.2 Å². The molecule has 0 fully saturated rings. The van der Waals surface area contributed by atoms with Crippen LogP contribution in [0.15, 0.2) is 48.7 Å². The smallest absolute Gasteiger partial charge is 0.334 e. The van der Waals surface area contributed by atoms with Crippen LogP contribution in [0.5, 0.6) is 0 Å². The van der Waals surface area contributed by atoms with E-state index in [9.17, 15) is 40.3 Å². The largest absolute Gasteiger partial charge is 0.433 e. The number of fused-ring (bicyclic) bond motifs is 1. The average Bonchev–Trinajstić information content (AvgIpc) is 2.85. The first kappa shape index (κ1) is 27.4. The fourth-order valence-corrected chi connectivity index (χ4v) is 4.32. The number of hydrogen-bond acceptors (Lipinski definition) is 3. The molecule has 1 N–H and O–H groups in total. The normalized spacial score (nSPS) is 13.7. The van der Waals surface area contributed by atoms with E-state index in [2.05, 4.69) is 10.3 Å². The monoisotopic (exact) mass is 559 g/mol. The van der Waals surface area contributed by atoms with E-state index in [0.717, 1.165) is 24.4 Å². The lowest BCUT2D eigenvalue weighted by Crippen LogP contribution is -2.36. The Morgan fingerprint density at radius 3 is 2.37 bits per heavy atom. The number of amides is 2. The topological polar surface area (TPSA) is 62.3 Å². The molecule has 0 spiro atoms. The summed E-state index contributed by atoms with van der Waals surface area (Å²) in [4.78, 5) is 30.1. The SMILES string of the molecule is O=C(Cc1cccc(C(F)(F)F)c1F)Nc1c(Cl)ccc2c1CCN(C(=O)c1ccc(C(F)(F)F)nc1)C2. The highest BCUT2D eigenvalue weighted by atomic mass is 35.5. The molecule has 2 aromatic carbocycles. The molecule has 1 aliphatic rings. The number of hydrogen-bond donors (Lipinski definition) is 1. The molecule has 38 heavy (non-hydrogen) atoms. The summed E-state index contributed by atoms with van der Waals surface area (Å²) in [6.45, 7) is 0.190. The molecule has 5 nitrogen and oxygen atoms in total. The van der Waals surface area contributed by atoms with Crippen molar-refractivity contribution >= 4 is 29.1 Å². The molecule has 2 heterocycles. The third-order valence-corrected chi connectivity index (χ3v) is 6.25. The molecule has 4 rings (SSSR count). The first-order chi connectivity index (χ1) is 17.8. The highest BCUT2D eigenvalue weighted by molar-refractivity contribution is 6.34. The number of nitrogens with one attached hydrogen (secondary N) is 1. The van der Waals surface area contributed by atoms with Gasteiger partial charge in [0, 0.05) is 19.3 Å². The van der Waals surface area contributed by atoms with Gasteiger partial charge in [-0.1, -0.05) is 29.8 Å². The van der Waals surface area contributed by atoms with E-state index in [1.807, 2.05) is 0 Å². The number of pyridine rings is 1. The number of alkyl halides is 6. The van der Waals surface area contributed by atoms with Crippen molar-refractivity contribution in [3.05, 3.63) is 93.0 Å². The number of aromatic nitrogens is 1. The second-order valence-corrected chi connectivity index (χ2v) is 8.88. The lowest BCUT2D eigenvalue weighted by Gasteiger charge is -2.30. The number of anilines is 1. The molecule has 0 bridgehead atoms. The minimum atomic E-state index is -4.92. The zero-order chi connectivity index (χ0) is 27.8. The van der Waals surface area contributed by atoms with Crippen molar-refractivity contribution in [3.8, 4) is 0 Å². The maximum absolute atomic E-state index is 14.3. The predicted octanol–water partition coefficient (Wildman–Crippen LogP) is 6.29. The third-order valence-electron chi connectivity index (χ3n) is 5.94. The Bertz CT molecular complexity index is 1390. The first-order valence-corrected chi connectivity index (χ1v) is 11.4. The number of rotatable bonds is 4. The lowest BCUT2D eigenvalue weighted by atomic mass is 9.96. The van der Waals surface area contributed by atoms with E-state index in [1.54, 1.807) is 6.07 Å². The molecule has 0 atom stereocenters. The highest BCUT2D eigenvalue weighted by Crippen LogP contribution is 2.35. The van der Waals surface area contributed by atoms with Gasteiger partial charge in [-0.3, -0.25) is 14.6 Å². The maximum Gasteiger partial charge on any atom is 0.433 e. The van der Waals surface area contributed by atoms with Crippen LogP contribution in [0.2, 0.25) is 5.02 Å². The van der Waals surface area contributed by atoms with Crippen LogP contribution in [0.4, 0.5) is 36.4 Å². The molecule has 1 aliphatic heterocycles. The summed E-state index contributed by atoms with van der Waals surface area (Å²) >= 11 is 6.25. The van der Waals surface area contributed by atoms with Crippen molar-refractivity contribution in [2.24, 2.45) is 0 Å². The van der Waals surface area contributed by atoms with Gasteiger partial charge in [0.2, 0.25) is 5.91 Å². The van der Waals surface area contributed by atoms with Crippen LogP contribution < -0.4 is 5.32 Å². The molecule has 3 aromatic rings. The minimum absolute atomic E-state index is 0.0351. The molecule has 13 heteroatoms. The Morgan fingerprint density at radius 1 is 1.00 bits per heavy atom. The molecule has 1 aromatic heterocycles. The Labute approximate surface area is 216 Å². The number of benzene rings is 2. The van der Waals surface area contributed by atoms with Crippen LogP contribution in [0.1, 0.15) is 38.3 Å². The Kier molecular flexibility index (Phi) is 7.37. The average molecular weight is 560 g/mol. The number of carbonyl (C=O) groups is 2. The van der Waals surface area contributed by atoms with Gasteiger partial charge in [-0.25, -0.2) is 4.39 Å². The van der Waals surface area contributed by atoms with Gasteiger partial charge in [0.25, 0.3) is 5.91 Å². The van der Waals surface area contributed by atoms with Crippen LogP contribution in [0.25, 0.3) is 0 Å². The molecule has 0 unspecified atom stereocenters. The fourth-order valence-electron chi connectivity index (χ4n) is 4.10. The molecule has 0 saturated carbocycles. The summed E-state index contributed by atoms with van der Waals surface area (Å²) in [6.07, 6.45) is -9.18. The molecular weight excluding hydrogens is 543 g/mol.